The Balaban J connectivity index is 0.977. The van der Waals surface area contributed by atoms with Gasteiger partial charge in [-0.1, -0.05) is 86.8 Å². The summed E-state index contributed by atoms with van der Waals surface area (Å²) < 4.78 is 0. The Bertz CT molecular complexity index is 1750. The minimum atomic E-state index is -0.954. The molecule has 2 aliphatic carbocycles. The first-order valence-electron chi connectivity index (χ1n) is 19.6. The van der Waals surface area contributed by atoms with Crippen molar-refractivity contribution in [2.24, 2.45) is 17.8 Å². The highest BCUT2D eigenvalue weighted by molar-refractivity contribution is 5.99. The zero-order valence-electron chi connectivity index (χ0n) is 30.9. The lowest BCUT2D eigenvalue weighted by Gasteiger charge is -2.18. The highest BCUT2D eigenvalue weighted by atomic mass is 16.3. The molecular formula is C43H51N5O6. The third kappa shape index (κ3) is 8.51. The van der Waals surface area contributed by atoms with Crippen molar-refractivity contribution in [1.29, 1.82) is 0 Å². The number of carbonyl (C=O) groups is 5. The largest absolute Gasteiger partial charge is 0.390 e. The van der Waals surface area contributed by atoms with Crippen LogP contribution in [0.15, 0.2) is 84.9 Å². The summed E-state index contributed by atoms with van der Waals surface area (Å²) in [5.41, 5.74) is 3.01. The van der Waals surface area contributed by atoms with Crippen molar-refractivity contribution >= 4 is 29.5 Å². The number of aliphatic hydroxyl groups is 1. The number of benzene rings is 3. The number of β-amino-alcohol motifs (C(OH)–C–C–N with tert-alkyl or cyclic N) is 1. The number of hydrogen-bond acceptors (Lipinski definition) is 6. The number of likely N-dealkylation sites (tertiary alicyclic amines) is 2. The van der Waals surface area contributed by atoms with Crippen LogP contribution in [0.4, 0.5) is 0 Å². The average molecular weight is 734 g/mol. The highest BCUT2D eigenvalue weighted by Crippen LogP contribution is 2.42. The number of aliphatic hydroxyl groups excluding tert-OH is 1. The van der Waals surface area contributed by atoms with E-state index in [1.54, 1.807) is 29.2 Å². The molecule has 5 amide bonds. The van der Waals surface area contributed by atoms with Crippen molar-refractivity contribution < 1.29 is 29.1 Å². The standard InChI is InChI=1S/C43H51N5O6/c1-2-3-4-11-20-44-39(50)35-25-48(26-38(35)49)43(54)30-18-16-29(17-19-30)42(53)47-23-33(40(51)45-36-21-31(36)27-12-7-5-8-13-27)34(24-47)41(52)46-37-22-32(37)28-14-9-6-10-15-28/h5-10,12-19,31-38,49H,2-4,11,20-26H2,1H3,(H,44,50)(H,45,51)(H,46,52)/t31-,32-,33-,34-,35-,36+,37+,38-/m1/s1. The number of nitrogens with zero attached hydrogens (tertiary/aromatic N) is 2. The topological polar surface area (TPSA) is 148 Å². The van der Waals surface area contributed by atoms with E-state index in [-0.39, 0.29) is 79.6 Å². The molecule has 0 spiro atoms. The molecule has 2 aliphatic heterocycles. The summed E-state index contributed by atoms with van der Waals surface area (Å²) in [6.07, 6.45) is 4.82. The van der Waals surface area contributed by atoms with Gasteiger partial charge in [0.15, 0.2) is 0 Å². The molecule has 54 heavy (non-hydrogen) atoms. The van der Waals surface area contributed by atoms with E-state index in [4.69, 9.17) is 0 Å². The van der Waals surface area contributed by atoms with Gasteiger partial charge >= 0.3 is 0 Å². The van der Waals surface area contributed by atoms with Gasteiger partial charge in [-0.3, -0.25) is 24.0 Å². The van der Waals surface area contributed by atoms with Gasteiger partial charge in [-0.15, -0.1) is 0 Å². The van der Waals surface area contributed by atoms with Crippen LogP contribution in [0.1, 0.15) is 89.1 Å². The summed E-state index contributed by atoms with van der Waals surface area (Å²) in [7, 11) is 0. The number of hydrogen-bond donors (Lipinski definition) is 4. The number of amides is 5. The van der Waals surface area contributed by atoms with Gasteiger partial charge in [-0.2, -0.15) is 0 Å². The number of nitrogens with one attached hydrogen (secondary N) is 3. The van der Waals surface area contributed by atoms with Gasteiger partial charge in [0.05, 0.1) is 23.9 Å². The SMILES string of the molecule is CCCCCCNC(=O)[C@@H]1CN(C(=O)c2ccc(C(=O)N3C[C@@H](C(=O)N[C@H]4C[C@@H]4c4ccccc4)[C@H](C(=O)N[C@H]4C[C@@H]4c4ccccc4)C3)cc2)C[C@H]1O. The summed E-state index contributed by atoms with van der Waals surface area (Å²) in [5, 5.41) is 19.8. The molecule has 3 aromatic rings. The molecule has 2 saturated heterocycles. The molecule has 4 fully saturated rings. The van der Waals surface area contributed by atoms with Gasteiger partial charge in [0, 0.05) is 67.8 Å². The zero-order valence-corrected chi connectivity index (χ0v) is 30.9. The molecular weight excluding hydrogens is 683 g/mol. The maximum atomic E-state index is 13.9. The fourth-order valence-electron chi connectivity index (χ4n) is 8.15. The molecule has 2 saturated carbocycles. The molecule has 4 aliphatic rings. The molecule has 7 rings (SSSR count). The van der Waals surface area contributed by atoms with Crippen LogP contribution >= 0.6 is 0 Å². The lowest BCUT2D eigenvalue weighted by atomic mass is 9.94. The maximum Gasteiger partial charge on any atom is 0.253 e. The van der Waals surface area contributed by atoms with Crippen molar-refractivity contribution in [3.05, 3.63) is 107 Å². The average Bonchev–Trinajstić information content (AvgIpc) is 4.05. The Labute approximate surface area is 316 Å². The molecule has 0 aromatic heterocycles. The van der Waals surface area contributed by atoms with E-state index in [9.17, 15) is 29.1 Å². The van der Waals surface area contributed by atoms with E-state index in [1.807, 2.05) is 36.4 Å². The molecule has 8 atom stereocenters. The number of rotatable bonds is 14. The fourth-order valence-corrected chi connectivity index (χ4v) is 8.15. The summed E-state index contributed by atoms with van der Waals surface area (Å²) in [5.74, 6) is -2.99. The van der Waals surface area contributed by atoms with Crippen LogP contribution in [0.2, 0.25) is 0 Å². The van der Waals surface area contributed by atoms with Gasteiger partial charge in [0.25, 0.3) is 11.8 Å². The maximum absolute atomic E-state index is 13.9. The molecule has 3 aromatic carbocycles. The molecule has 284 valence electrons. The van der Waals surface area contributed by atoms with Crippen molar-refractivity contribution in [3.63, 3.8) is 0 Å². The Kier molecular flexibility index (Phi) is 11.4. The lowest BCUT2D eigenvalue weighted by molar-refractivity contribution is -0.133. The molecule has 0 bridgehead atoms. The van der Waals surface area contributed by atoms with Crippen molar-refractivity contribution in [2.45, 2.75) is 75.5 Å². The second-order valence-electron chi connectivity index (χ2n) is 15.5. The van der Waals surface area contributed by atoms with Gasteiger partial charge in [-0.05, 0) is 54.7 Å². The first-order valence-corrected chi connectivity index (χ1v) is 19.6. The van der Waals surface area contributed by atoms with Crippen LogP contribution in [0.3, 0.4) is 0 Å². The number of unbranched alkanes of at least 4 members (excludes halogenated alkanes) is 3. The minimum Gasteiger partial charge on any atom is -0.390 e. The van der Waals surface area contributed by atoms with Crippen LogP contribution in [-0.4, -0.2) is 95.4 Å². The van der Waals surface area contributed by atoms with Gasteiger partial charge in [0.2, 0.25) is 17.7 Å². The van der Waals surface area contributed by atoms with Crippen LogP contribution < -0.4 is 16.0 Å². The summed E-state index contributed by atoms with van der Waals surface area (Å²) >= 11 is 0. The second-order valence-corrected chi connectivity index (χ2v) is 15.5. The summed E-state index contributed by atoms with van der Waals surface area (Å²) in [6.45, 7) is 3.04. The minimum absolute atomic E-state index is 0.0127. The van der Waals surface area contributed by atoms with Gasteiger partial charge in [-0.25, -0.2) is 0 Å². The molecule has 0 unspecified atom stereocenters. The third-order valence-corrected chi connectivity index (χ3v) is 11.6. The predicted octanol–water partition coefficient (Wildman–Crippen LogP) is 3.85. The fraction of sp³-hybridized carbons (Fsp3) is 0.465. The van der Waals surface area contributed by atoms with Crippen LogP contribution in [0.5, 0.6) is 0 Å². The van der Waals surface area contributed by atoms with Gasteiger partial charge in [0.1, 0.15) is 0 Å². The van der Waals surface area contributed by atoms with Crippen LogP contribution in [0, 0.1) is 17.8 Å². The van der Waals surface area contributed by atoms with E-state index in [1.165, 1.54) is 16.0 Å². The Morgan fingerprint density at radius 2 is 1.06 bits per heavy atom. The quantitative estimate of drug-likeness (QED) is 0.185. The predicted molar refractivity (Wildman–Crippen MR) is 203 cm³/mol. The van der Waals surface area contributed by atoms with E-state index in [0.29, 0.717) is 17.7 Å². The highest BCUT2D eigenvalue weighted by Gasteiger charge is 2.49. The normalized spacial score (nSPS) is 26.9. The van der Waals surface area contributed by atoms with Crippen LogP contribution in [0.25, 0.3) is 0 Å². The second kappa shape index (κ2) is 16.5. The lowest BCUT2D eigenvalue weighted by Crippen LogP contribution is -2.43. The zero-order chi connectivity index (χ0) is 37.8. The van der Waals surface area contributed by atoms with Crippen molar-refractivity contribution in [1.82, 2.24) is 25.8 Å². The number of carbonyl (C=O) groups excluding carboxylic acids is 5. The molecule has 0 radical (unpaired) electrons. The monoisotopic (exact) mass is 733 g/mol. The van der Waals surface area contributed by atoms with Gasteiger partial charge < -0.3 is 30.9 Å². The molecule has 11 nitrogen and oxygen atoms in total. The third-order valence-electron chi connectivity index (χ3n) is 11.6. The molecule has 11 heteroatoms. The summed E-state index contributed by atoms with van der Waals surface area (Å²) in [6, 6.07) is 26.4. The van der Waals surface area contributed by atoms with Crippen molar-refractivity contribution in [2.75, 3.05) is 32.7 Å². The van der Waals surface area contributed by atoms with E-state index in [0.717, 1.165) is 38.5 Å². The molecule has 2 heterocycles. The Morgan fingerprint density at radius 3 is 1.54 bits per heavy atom. The first-order chi connectivity index (χ1) is 26.2. The van der Waals surface area contributed by atoms with E-state index >= 15 is 0 Å². The molecule has 4 N–H and O–H groups in total. The Morgan fingerprint density at radius 1 is 0.593 bits per heavy atom. The van der Waals surface area contributed by atoms with E-state index in [2.05, 4.69) is 47.1 Å². The smallest absolute Gasteiger partial charge is 0.253 e. The van der Waals surface area contributed by atoms with Crippen LogP contribution in [-0.2, 0) is 14.4 Å². The van der Waals surface area contributed by atoms with E-state index < -0.39 is 23.9 Å². The first kappa shape index (κ1) is 37.3. The van der Waals surface area contributed by atoms with Crippen molar-refractivity contribution in [3.8, 4) is 0 Å². The Hall–Kier alpha value is -5.03. The summed E-state index contributed by atoms with van der Waals surface area (Å²) in [4.78, 5) is 70.6.